The highest BCUT2D eigenvalue weighted by molar-refractivity contribution is 6.12. The van der Waals surface area contributed by atoms with Gasteiger partial charge in [-0.2, -0.15) is 0 Å². The number of allylic oxidation sites excluding steroid dienone is 6. The van der Waals surface area contributed by atoms with Crippen LogP contribution in [-0.2, 0) is 4.79 Å². The van der Waals surface area contributed by atoms with Crippen LogP contribution >= 0.6 is 0 Å². The van der Waals surface area contributed by atoms with Gasteiger partial charge < -0.3 is 10.2 Å². The number of aliphatic hydroxyl groups is 2. The molecule has 3 aliphatic rings. The summed E-state index contributed by atoms with van der Waals surface area (Å²) in [4.78, 5) is 25.1. The molecule has 114 valence electrons. The van der Waals surface area contributed by atoms with E-state index in [1.54, 1.807) is 49.4 Å². The Morgan fingerprint density at radius 3 is 2.43 bits per heavy atom. The van der Waals surface area contributed by atoms with E-state index in [4.69, 9.17) is 0 Å². The molecule has 3 aliphatic carbocycles. The first kappa shape index (κ1) is 13.8. The third kappa shape index (κ3) is 1.72. The topological polar surface area (TPSA) is 74.6 Å². The molecule has 0 saturated carbocycles. The summed E-state index contributed by atoms with van der Waals surface area (Å²) in [6.45, 7) is 1.77. The normalized spacial score (nSPS) is 25.9. The van der Waals surface area contributed by atoms with Gasteiger partial charge in [0.25, 0.3) is 0 Å². The van der Waals surface area contributed by atoms with E-state index in [1.807, 2.05) is 0 Å². The van der Waals surface area contributed by atoms with Gasteiger partial charge in [0, 0.05) is 33.8 Å². The predicted molar refractivity (Wildman–Crippen MR) is 84.9 cm³/mol. The maximum absolute atomic E-state index is 12.7. The highest BCUT2D eigenvalue weighted by Crippen LogP contribution is 2.44. The van der Waals surface area contributed by atoms with Crippen molar-refractivity contribution >= 4 is 17.3 Å². The van der Waals surface area contributed by atoms with Gasteiger partial charge in [0.05, 0.1) is 0 Å². The standard InChI is InChI=1S/C19H14O4/c1-9-6-7-12-13(16(9)20)8-14-15(19(12)23)18(22)11-5-3-2-4-10(11)17(14)21/h2-9,15,21,23H,1H3. The Hall–Kier alpha value is -2.88. The predicted octanol–water partition coefficient (Wildman–Crippen LogP) is 3.30. The lowest BCUT2D eigenvalue weighted by Gasteiger charge is -2.31. The molecular formula is C19H14O4. The summed E-state index contributed by atoms with van der Waals surface area (Å²) in [7, 11) is 0. The molecule has 1 aromatic carbocycles. The Balaban J connectivity index is 2.02. The minimum atomic E-state index is -0.950. The van der Waals surface area contributed by atoms with Crippen LogP contribution in [-0.4, -0.2) is 21.8 Å². The van der Waals surface area contributed by atoms with Gasteiger partial charge in [0.2, 0.25) is 0 Å². The second-order valence-electron chi connectivity index (χ2n) is 6.02. The fraction of sp³-hybridized carbons (Fsp3) is 0.158. The molecule has 0 amide bonds. The van der Waals surface area contributed by atoms with Gasteiger partial charge in [-0.25, -0.2) is 0 Å². The first-order valence-corrected chi connectivity index (χ1v) is 7.45. The summed E-state index contributed by atoms with van der Waals surface area (Å²) in [6.07, 6.45) is 4.93. The van der Waals surface area contributed by atoms with Crippen LogP contribution < -0.4 is 0 Å². The molecule has 2 unspecified atom stereocenters. The minimum absolute atomic E-state index is 0.0571. The van der Waals surface area contributed by atoms with Crippen LogP contribution in [0, 0.1) is 11.8 Å². The average Bonchev–Trinajstić information content (AvgIpc) is 2.56. The van der Waals surface area contributed by atoms with Crippen molar-refractivity contribution < 1.29 is 19.8 Å². The molecule has 0 aliphatic heterocycles. The number of benzene rings is 1. The zero-order chi connectivity index (χ0) is 16.3. The number of aliphatic hydroxyl groups excluding tert-OH is 2. The zero-order valence-electron chi connectivity index (χ0n) is 12.4. The Bertz CT molecular complexity index is 896. The Kier molecular flexibility index (Phi) is 2.73. The Morgan fingerprint density at radius 2 is 1.70 bits per heavy atom. The van der Waals surface area contributed by atoms with Crippen molar-refractivity contribution in [2.45, 2.75) is 6.92 Å². The van der Waals surface area contributed by atoms with Gasteiger partial charge in [0.15, 0.2) is 11.6 Å². The first-order chi connectivity index (χ1) is 11.0. The zero-order valence-corrected chi connectivity index (χ0v) is 12.4. The van der Waals surface area contributed by atoms with Crippen molar-refractivity contribution in [3.05, 3.63) is 76.1 Å². The van der Waals surface area contributed by atoms with Crippen molar-refractivity contribution in [3.63, 3.8) is 0 Å². The molecule has 23 heavy (non-hydrogen) atoms. The van der Waals surface area contributed by atoms with E-state index in [1.165, 1.54) is 0 Å². The van der Waals surface area contributed by atoms with Gasteiger partial charge in [-0.1, -0.05) is 43.3 Å². The third-order valence-corrected chi connectivity index (χ3v) is 4.66. The van der Waals surface area contributed by atoms with E-state index in [0.717, 1.165) is 0 Å². The van der Waals surface area contributed by atoms with E-state index in [2.05, 4.69) is 0 Å². The number of hydrogen-bond donors (Lipinski definition) is 2. The van der Waals surface area contributed by atoms with Gasteiger partial charge in [0.1, 0.15) is 17.4 Å². The van der Waals surface area contributed by atoms with Crippen molar-refractivity contribution in [2.75, 3.05) is 0 Å². The van der Waals surface area contributed by atoms with Crippen molar-refractivity contribution in [3.8, 4) is 0 Å². The van der Waals surface area contributed by atoms with Crippen LogP contribution in [0.3, 0.4) is 0 Å². The van der Waals surface area contributed by atoms with Gasteiger partial charge in [-0.15, -0.1) is 0 Å². The molecular weight excluding hydrogens is 292 g/mol. The minimum Gasteiger partial charge on any atom is -0.511 e. The number of carbonyl (C=O) groups is 2. The monoisotopic (exact) mass is 306 g/mol. The maximum Gasteiger partial charge on any atom is 0.178 e. The smallest absolute Gasteiger partial charge is 0.178 e. The van der Waals surface area contributed by atoms with Crippen molar-refractivity contribution in [1.29, 1.82) is 0 Å². The van der Waals surface area contributed by atoms with E-state index < -0.39 is 5.92 Å². The highest BCUT2D eigenvalue weighted by Gasteiger charge is 2.42. The SMILES string of the molecule is CC1C=CC2=C(O)C3C(=O)c4ccccc4C(O)=C3C=C2C1=O. The van der Waals surface area contributed by atoms with Gasteiger partial charge in [-0.3, -0.25) is 9.59 Å². The second-order valence-corrected chi connectivity index (χ2v) is 6.02. The van der Waals surface area contributed by atoms with Crippen LogP contribution in [0.1, 0.15) is 22.8 Å². The number of Topliss-reactive ketones (excluding diaryl/α,β-unsaturated/α-hetero) is 2. The number of hydrogen-bond acceptors (Lipinski definition) is 4. The highest BCUT2D eigenvalue weighted by atomic mass is 16.3. The van der Waals surface area contributed by atoms with E-state index in [9.17, 15) is 19.8 Å². The van der Waals surface area contributed by atoms with Crippen molar-refractivity contribution in [2.24, 2.45) is 11.8 Å². The molecule has 4 rings (SSSR count). The number of rotatable bonds is 0. The first-order valence-electron chi connectivity index (χ1n) is 7.45. The summed E-state index contributed by atoms with van der Waals surface area (Å²) in [6, 6.07) is 6.74. The molecule has 0 saturated heterocycles. The van der Waals surface area contributed by atoms with Crippen LogP contribution in [0.15, 0.2) is 65.0 Å². The Labute approximate surface area is 132 Å². The lowest BCUT2D eigenvalue weighted by molar-refractivity contribution is -0.117. The number of fused-ring (bicyclic) bond motifs is 3. The van der Waals surface area contributed by atoms with E-state index in [-0.39, 0.29) is 29.0 Å². The third-order valence-electron chi connectivity index (χ3n) is 4.66. The molecule has 1 aromatic rings. The van der Waals surface area contributed by atoms with E-state index >= 15 is 0 Å². The van der Waals surface area contributed by atoms with Crippen LogP contribution in [0.2, 0.25) is 0 Å². The molecule has 0 bridgehead atoms. The van der Waals surface area contributed by atoms with Gasteiger partial charge in [-0.05, 0) is 6.08 Å². The fourth-order valence-corrected chi connectivity index (χ4v) is 3.40. The average molecular weight is 306 g/mol. The van der Waals surface area contributed by atoms with Crippen LogP contribution in [0.4, 0.5) is 0 Å². The van der Waals surface area contributed by atoms with Gasteiger partial charge >= 0.3 is 0 Å². The van der Waals surface area contributed by atoms with Crippen LogP contribution in [0.25, 0.3) is 5.76 Å². The molecule has 0 radical (unpaired) electrons. The molecule has 4 nitrogen and oxygen atoms in total. The summed E-state index contributed by atoms with van der Waals surface area (Å²) in [5.74, 6) is -1.86. The number of ketones is 2. The summed E-state index contributed by atoms with van der Waals surface area (Å²) >= 11 is 0. The lowest BCUT2D eigenvalue weighted by Crippen LogP contribution is -2.31. The maximum atomic E-state index is 12.7. The quantitative estimate of drug-likeness (QED) is 0.771. The molecule has 0 spiro atoms. The molecule has 2 N–H and O–H groups in total. The Morgan fingerprint density at radius 1 is 1.00 bits per heavy atom. The summed E-state index contributed by atoms with van der Waals surface area (Å²) in [5, 5.41) is 21.1. The summed E-state index contributed by atoms with van der Waals surface area (Å²) < 4.78 is 0. The largest absolute Gasteiger partial charge is 0.511 e. The van der Waals surface area contributed by atoms with E-state index in [0.29, 0.717) is 27.8 Å². The lowest BCUT2D eigenvalue weighted by atomic mass is 9.72. The molecule has 4 heteroatoms. The van der Waals surface area contributed by atoms with Crippen LogP contribution in [0.5, 0.6) is 0 Å². The number of carbonyl (C=O) groups excluding carboxylic acids is 2. The molecule has 0 aromatic heterocycles. The molecule has 0 fully saturated rings. The molecule has 0 heterocycles. The fourth-order valence-electron chi connectivity index (χ4n) is 3.40. The second kappa shape index (κ2) is 4.56. The summed E-state index contributed by atoms with van der Waals surface area (Å²) in [5.41, 5.74) is 1.83. The molecule has 2 atom stereocenters. The van der Waals surface area contributed by atoms with Crippen molar-refractivity contribution in [1.82, 2.24) is 0 Å².